The lowest BCUT2D eigenvalue weighted by atomic mass is 9.81. The topological polar surface area (TPSA) is 28.5 Å². The van der Waals surface area contributed by atoms with E-state index in [0.29, 0.717) is 0 Å². The largest absolute Gasteiger partial charge is 0.338 e. The van der Waals surface area contributed by atoms with Crippen molar-refractivity contribution < 1.29 is 4.79 Å². The van der Waals surface area contributed by atoms with Crippen molar-refractivity contribution in [2.45, 2.75) is 31.8 Å². The molecule has 3 heterocycles. The number of likely N-dealkylation sites (N-methyl/N-ethyl adjacent to an activating group) is 1. The molecule has 2 aromatic carbocycles. The van der Waals surface area contributed by atoms with E-state index in [-0.39, 0.29) is 11.4 Å². The minimum Gasteiger partial charge on any atom is -0.338 e. The predicted octanol–water partition coefficient (Wildman–Crippen LogP) is 5.19. The standard InChI is InChI=1S/C26H28ClN3O/c1-19-18-21(8-9-22(19)20-6-4-3-5-7-20)25(31)29-14-12-26(13-15-29)23-10-11-24(27)30(23)17-16-28(26)2/h3-11,18H,12-17H2,1-2H3. The summed E-state index contributed by atoms with van der Waals surface area (Å²) >= 11 is 6.42. The summed E-state index contributed by atoms with van der Waals surface area (Å²) in [5.74, 6) is 0.129. The van der Waals surface area contributed by atoms with E-state index in [4.69, 9.17) is 11.6 Å². The fourth-order valence-corrected chi connectivity index (χ4v) is 5.61. The van der Waals surface area contributed by atoms with Crippen LogP contribution >= 0.6 is 11.6 Å². The van der Waals surface area contributed by atoms with E-state index in [1.165, 1.54) is 16.8 Å². The van der Waals surface area contributed by atoms with Crippen LogP contribution in [0.1, 0.15) is 34.5 Å². The van der Waals surface area contributed by atoms with E-state index in [1.807, 2.05) is 41.3 Å². The van der Waals surface area contributed by atoms with Crippen molar-refractivity contribution in [2.24, 2.45) is 0 Å². The number of nitrogens with zero attached hydrogens (tertiary/aromatic N) is 3. The number of carbonyl (C=O) groups is 1. The zero-order valence-corrected chi connectivity index (χ0v) is 18.9. The van der Waals surface area contributed by atoms with Crippen molar-refractivity contribution in [3.63, 3.8) is 0 Å². The van der Waals surface area contributed by atoms with Gasteiger partial charge in [0.25, 0.3) is 5.91 Å². The minimum absolute atomic E-state index is 0.0325. The van der Waals surface area contributed by atoms with Gasteiger partial charge in [-0.05, 0) is 67.8 Å². The summed E-state index contributed by atoms with van der Waals surface area (Å²) < 4.78 is 2.24. The fraction of sp³-hybridized carbons (Fsp3) is 0.346. The first-order valence-electron chi connectivity index (χ1n) is 11.0. The number of fused-ring (bicyclic) bond motifs is 2. The lowest BCUT2D eigenvalue weighted by molar-refractivity contribution is 0.0132. The van der Waals surface area contributed by atoms with Gasteiger partial charge in [0.2, 0.25) is 0 Å². The predicted molar refractivity (Wildman–Crippen MR) is 126 cm³/mol. The average Bonchev–Trinajstić information content (AvgIpc) is 3.18. The van der Waals surface area contributed by atoms with Crippen LogP contribution in [0.25, 0.3) is 11.1 Å². The summed E-state index contributed by atoms with van der Waals surface area (Å²) in [6.45, 7) is 5.50. The normalized spacial score (nSPS) is 18.2. The first kappa shape index (κ1) is 20.3. The number of aromatic nitrogens is 1. The lowest BCUT2D eigenvalue weighted by Crippen LogP contribution is -2.56. The molecule has 0 bridgehead atoms. The number of likely N-dealkylation sites (tertiary alicyclic amines) is 1. The maximum atomic E-state index is 13.3. The van der Waals surface area contributed by atoms with Crippen LogP contribution in [0.15, 0.2) is 60.7 Å². The van der Waals surface area contributed by atoms with Crippen LogP contribution in [0.3, 0.4) is 0 Å². The molecule has 0 atom stereocenters. The Labute approximate surface area is 189 Å². The minimum atomic E-state index is -0.0325. The van der Waals surface area contributed by atoms with Gasteiger partial charge in [0, 0.05) is 37.4 Å². The highest BCUT2D eigenvalue weighted by atomic mass is 35.5. The summed E-state index contributed by atoms with van der Waals surface area (Å²) in [5, 5.41) is 0.815. The quantitative estimate of drug-likeness (QED) is 0.556. The second-order valence-corrected chi connectivity index (χ2v) is 9.22. The highest BCUT2D eigenvalue weighted by Crippen LogP contribution is 2.42. The molecule has 2 aliphatic heterocycles. The van der Waals surface area contributed by atoms with Crippen molar-refractivity contribution >= 4 is 17.5 Å². The van der Waals surface area contributed by atoms with Gasteiger partial charge in [-0.2, -0.15) is 0 Å². The van der Waals surface area contributed by atoms with Crippen LogP contribution in [0.2, 0.25) is 5.15 Å². The van der Waals surface area contributed by atoms with Crippen LogP contribution in [0.5, 0.6) is 0 Å². The molecule has 1 aromatic heterocycles. The Kier molecular flexibility index (Phi) is 5.15. The second kappa shape index (κ2) is 7.85. The van der Waals surface area contributed by atoms with Crippen LogP contribution < -0.4 is 0 Å². The molecule has 0 radical (unpaired) electrons. The van der Waals surface area contributed by atoms with Gasteiger partial charge in [0.1, 0.15) is 5.15 Å². The summed E-state index contributed by atoms with van der Waals surface area (Å²) in [4.78, 5) is 17.8. The number of rotatable bonds is 2. The molecule has 0 N–H and O–H groups in total. The van der Waals surface area contributed by atoms with Crippen molar-refractivity contribution in [1.29, 1.82) is 0 Å². The van der Waals surface area contributed by atoms with Crippen LogP contribution in [0.4, 0.5) is 0 Å². The molecule has 0 saturated carbocycles. The summed E-state index contributed by atoms with van der Waals surface area (Å²) in [6, 6.07) is 20.6. The third-order valence-corrected chi connectivity index (χ3v) is 7.56. The fourth-order valence-electron chi connectivity index (χ4n) is 5.37. The van der Waals surface area contributed by atoms with Gasteiger partial charge in [-0.25, -0.2) is 0 Å². The SMILES string of the molecule is Cc1cc(C(=O)N2CCC3(CC2)c2ccc(Cl)n2CCN3C)ccc1-c1ccccc1. The van der Waals surface area contributed by atoms with Crippen molar-refractivity contribution in [1.82, 2.24) is 14.4 Å². The Hall–Kier alpha value is -2.56. The molecule has 3 aromatic rings. The molecule has 0 unspecified atom stereocenters. The number of piperidine rings is 1. The Morgan fingerprint density at radius 2 is 1.68 bits per heavy atom. The number of benzene rings is 2. The van der Waals surface area contributed by atoms with Gasteiger partial charge in [0.05, 0.1) is 5.54 Å². The van der Waals surface area contributed by atoms with E-state index in [0.717, 1.165) is 55.3 Å². The van der Waals surface area contributed by atoms with Gasteiger partial charge >= 0.3 is 0 Å². The van der Waals surface area contributed by atoms with E-state index >= 15 is 0 Å². The van der Waals surface area contributed by atoms with Crippen LogP contribution in [0, 0.1) is 6.92 Å². The van der Waals surface area contributed by atoms with Crippen LogP contribution in [-0.2, 0) is 12.1 Å². The van der Waals surface area contributed by atoms with E-state index < -0.39 is 0 Å². The Morgan fingerprint density at radius 3 is 2.39 bits per heavy atom. The van der Waals surface area contributed by atoms with Crippen molar-refractivity contribution in [3.8, 4) is 11.1 Å². The van der Waals surface area contributed by atoms with Crippen LogP contribution in [-0.4, -0.2) is 47.0 Å². The molecular weight excluding hydrogens is 406 g/mol. The monoisotopic (exact) mass is 433 g/mol. The van der Waals surface area contributed by atoms with Gasteiger partial charge in [-0.3, -0.25) is 9.69 Å². The lowest BCUT2D eigenvalue weighted by Gasteiger charge is -2.50. The third kappa shape index (κ3) is 3.38. The molecule has 1 amide bonds. The van der Waals surface area contributed by atoms with E-state index in [9.17, 15) is 4.79 Å². The maximum Gasteiger partial charge on any atom is 0.253 e. The van der Waals surface area contributed by atoms with Gasteiger partial charge in [-0.1, -0.05) is 48.0 Å². The number of halogens is 1. The molecule has 4 nitrogen and oxygen atoms in total. The molecule has 1 fully saturated rings. The molecule has 160 valence electrons. The maximum absolute atomic E-state index is 13.3. The first-order valence-corrected chi connectivity index (χ1v) is 11.4. The number of aryl methyl sites for hydroxylation is 1. The third-order valence-electron chi connectivity index (χ3n) is 7.23. The summed E-state index contributed by atoms with van der Waals surface area (Å²) in [7, 11) is 2.20. The molecule has 5 heteroatoms. The molecule has 2 aliphatic rings. The molecule has 1 spiro atoms. The second-order valence-electron chi connectivity index (χ2n) is 8.83. The number of carbonyl (C=O) groups excluding carboxylic acids is 1. The highest BCUT2D eigenvalue weighted by molar-refractivity contribution is 6.29. The first-order chi connectivity index (χ1) is 15.0. The number of amides is 1. The van der Waals surface area contributed by atoms with E-state index in [1.54, 1.807) is 0 Å². The van der Waals surface area contributed by atoms with Crippen molar-refractivity contribution in [2.75, 3.05) is 26.7 Å². The van der Waals surface area contributed by atoms with E-state index in [2.05, 4.69) is 47.7 Å². The number of hydrogen-bond acceptors (Lipinski definition) is 2. The van der Waals surface area contributed by atoms with Crippen molar-refractivity contribution in [3.05, 3.63) is 82.6 Å². The zero-order valence-electron chi connectivity index (χ0n) is 18.1. The average molecular weight is 434 g/mol. The molecule has 5 rings (SSSR count). The molecule has 31 heavy (non-hydrogen) atoms. The number of hydrogen-bond donors (Lipinski definition) is 0. The Balaban J connectivity index is 1.35. The molecule has 0 aliphatic carbocycles. The zero-order chi connectivity index (χ0) is 21.6. The van der Waals surface area contributed by atoms with Gasteiger partial charge in [-0.15, -0.1) is 0 Å². The summed E-state index contributed by atoms with van der Waals surface area (Å²) in [6.07, 6.45) is 1.85. The molecular formula is C26H28ClN3O. The summed E-state index contributed by atoms with van der Waals surface area (Å²) in [5.41, 5.74) is 5.52. The van der Waals surface area contributed by atoms with Gasteiger partial charge < -0.3 is 9.47 Å². The Bertz CT molecular complexity index is 1110. The smallest absolute Gasteiger partial charge is 0.253 e. The molecule has 1 saturated heterocycles. The Morgan fingerprint density at radius 1 is 0.935 bits per heavy atom. The van der Waals surface area contributed by atoms with Gasteiger partial charge in [0.15, 0.2) is 0 Å². The highest BCUT2D eigenvalue weighted by Gasteiger charge is 2.44.